The predicted molar refractivity (Wildman–Crippen MR) is 57.1 cm³/mol. The lowest BCUT2D eigenvalue weighted by atomic mass is 9.71. The fourth-order valence-electron chi connectivity index (χ4n) is 3.07. The highest BCUT2D eigenvalue weighted by molar-refractivity contribution is 14.1. The van der Waals surface area contributed by atoms with E-state index in [-0.39, 0.29) is 0 Å². The lowest BCUT2D eigenvalue weighted by Crippen LogP contribution is -2.36. The molecule has 0 aromatic heterocycles. The van der Waals surface area contributed by atoms with Gasteiger partial charge in [0.2, 0.25) is 0 Å². The predicted octanol–water partition coefficient (Wildman–Crippen LogP) is 3.78. The molecule has 2 unspecified atom stereocenters. The van der Waals surface area contributed by atoms with Gasteiger partial charge in [-0.2, -0.15) is 0 Å². The van der Waals surface area contributed by atoms with E-state index in [2.05, 4.69) is 36.4 Å². The number of hydrogen-bond donors (Lipinski definition) is 0. The molecule has 0 saturated heterocycles. The van der Waals surface area contributed by atoms with Crippen molar-refractivity contribution in [2.75, 3.05) is 0 Å². The summed E-state index contributed by atoms with van der Waals surface area (Å²) in [5, 5.41) is 0. The Labute approximate surface area is 83.3 Å². The third-order valence-corrected chi connectivity index (χ3v) is 6.99. The maximum absolute atomic E-state index is 2.70. The molecule has 2 rings (SSSR count). The molecule has 11 heavy (non-hydrogen) atoms. The lowest BCUT2D eigenvalue weighted by molar-refractivity contribution is 0.195. The Morgan fingerprint density at radius 1 is 1.00 bits per heavy atom. The molecule has 2 atom stereocenters. The van der Waals surface area contributed by atoms with E-state index in [1.807, 2.05) is 0 Å². The average Bonchev–Trinajstić information content (AvgIpc) is 2.17. The second kappa shape index (κ2) is 2.36. The molecule has 64 valence electrons. The van der Waals surface area contributed by atoms with Gasteiger partial charge in [-0.05, 0) is 36.5 Å². The van der Waals surface area contributed by atoms with Crippen molar-refractivity contribution in [2.24, 2.45) is 10.8 Å². The van der Waals surface area contributed by atoms with E-state index in [4.69, 9.17) is 0 Å². The minimum absolute atomic E-state index is 0.702. The normalized spacial score (nSPS) is 56.5. The minimum Gasteiger partial charge on any atom is -0.0814 e. The Hall–Kier alpha value is 0.730. The number of halogens is 1. The van der Waals surface area contributed by atoms with E-state index in [0.717, 1.165) is 3.92 Å². The topological polar surface area (TPSA) is 0 Å². The van der Waals surface area contributed by atoms with Crippen molar-refractivity contribution in [3.63, 3.8) is 0 Å². The standard InChI is InChI=1S/C10H17I/c1-9-4-3-5-10(2,7-6-9)8(9)11/h8H,3-7H2,1-2H3. The fraction of sp³-hybridized carbons (Fsp3) is 1.00. The van der Waals surface area contributed by atoms with Crippen molar-refractivity contribution in [1.29, 1.82) is 0 Å². The molecule has 0 aromatic carbocycles. The van der Waals surface area contributed by atoms with Crippen molar-refractivity contribution in [3.8, 4) is 0 Å². The van der Waals surface area contributed by atoms with Crippen molar-refractivity contribution >= 4 is 22.6 Å². The summed E-state index contributed by atoms with van der Waals surface area (Å²) in [6.45, 7) is 4.99. The Morgan fingerprint density at radius 3 is 1.82 bits per heavy atom. The summed E-state index contributed by atoms with van der Waals surface area (Å²) >= 11 is 2.70. The van der Waals surface area contributed by atoms with Gasteiger partial charge in [-0.3, -0.25) is 0 Å². The first-order chi connectivity index (χ1) is 5.07. The van der Waals surface area contributed by atoms with E-state index in [1.165, 1.54) is 32.1 Å². The Balaban J connectivity index is 2.30. The summed E-state index contributed by atoms with van der Waals surface area (Å²) in [6, 6.07) is 0. The number of hydrogen-bond acceptors (Lipinski definition) is 0. The summed E-state index contributed by atoms with van der Waals surface area (Å²) in [5.41, 5.74) is 1.40. The summed E-state index contributed by atoms with van der Waals surface area (Å²) < 4.78 is 0.946. The van der Waals surface area contributed by atoms with E-state index >= 15 is 0 Å². The van der Waals surface area contributed by atoms with Gasteiger partial charge in [0.05, 0.1) is 0 Å². The molecule has 1 heteroatoms. The van der Waals surface area contributed by atoms with Crippen molar-refractivity contribution < 1.29 is 0 Å². The van der Waals surface area contributed by atoms with Crippen molar-refractivity contribution in [3.05, 3.63) is 0 Å². The van der Waals surface area contributed by atoms with Crippen LogP contribution in [0.15, 0.2) is 0 Å². The van der Waals surface area contributed by atoms with Crippen LogP contribution in [0.4, 0.5) is 0 Å². The summed E-state index contributed by atoms with van der Waals surface area (Å²) in [7, 11) is 0. The monoisotopic (exact) mass is 264 g/mol. The van der Waals surface area contributed by atoms with Crippen LogP contribution in [0.1, 0.15) is 46.0 Å². The van der Waals surface area contributed by atoms with Crippen LogP contribution in [0, 0.1) is 10.8 Å². The first-order valence-corrected chi connectivity index (χ1v) is 5.96. The van der Waals surface area contributed by atoms with Gasteiger partial charge in [0.25, 0.3) is 0 Å². The first kappa shape index (κ1) is 8.33. The van der Waals surface area contributed by atoms with Crippen LogP contribution in [0.2, 0.25) is 0 Å². The zero-order valence-electron chi connectivity index (χ0n) is 7.49. The zero-order valence-corrected chi connectivity index (χ0v) is 9.65. The smallest absolute Gasteiger partial charge is 0.0217 e. The molecule has 0 heterocycles. The molecule has 2 aliphatic rings. The molecular weight excluding hydrogens is 247 g/mol. The van der Waals surface area contributed by atoms with Crippen LogP contribution in [0.5, 0.6) is 0 Å². The van der Waals surface area contributed by atoms with Gasteiger partial charge in [0.15, 0.2) is 0 Å². The molecule has 2 aliphatic carbocycles. The highest BCUT2D eigenvalue weighted by Crippen LogP contribution is 2.61. The summed E-state index contributed by atoms with van der Waals surface area (Å²) in [6.07, 6.45) is 7.41. The number of fused-ring (bicyclic) bond motifs is 2. The Bertz CT molecular complexity index is 160. The van der Waals surface area contributed by atoms with Gasteiger partial charge >= 0.3 is 0 Å². The highest BCUT2D eigenvalue weighted by Gasteiger charge is 2.52. The minimum atomic E-state index is 0.702. The van der Waals surface area contributed by atoms with Gasteiger partial charge in [0, 0.05) is 3.92 Å². The van der Waals surface area contributed by atoms with Gasteiger partial charge in [0.1, 0.15) is 0 Å². The molecule has 0 aromatic rings. The Kier molecular flexibility index (Phi) is 1.79. The SMILES string of the molecule is CC12CCCC(C)(CC1)C2I. The van der Waals surface area contributed by atoms with Crippen LogP contribution < -0.4 is 0 Å². The second-order valence-electron chi connectivity index (χ2n) is 5.02. The van der Waals surface area contributed by atoms with E-state index < -0.39 is 0 Å². The number of alkyl halides is 1. The molecule has 0 aliphatic heterocycles. The third-order valence-electron chi connectivity index (χ3n) is 3.99. The van der Waals surface area contributed by atoms with Gasteiger partial charge in [-0.15, -0.1) is 0 Å². The van der Waals surface area contributed by atoms with Gasteiger partial charge in [-0.1, -0.05) is 42.9 Å². The molecule has 0 N–H and O–H groups in total. The first-order valence-electron chi connectivity index (χ1n) is 4.71. The molecule has 0 spiro atoms. The summed E-state index contributed by atoms with van der Waals surface area (Å²) in [5.74, 6) is 0. The fourth-order valence-corrected chi connectivity index (χ4v) is 4.31. The summed E-state index contributed by atoms with van der Waals surface area (Å²) in [4.78, 5) is 0. The molecule has 0 nitrogen and oxygen atoms in total. The Morgan fingerprint density at radius 2 is 1.45 bits per heavy atom. The van der Waals surface area contributed by atoms with Crippen LogP contribution in [0.3, 0.4) is 0 Å². The molecular formula is C10H17I. The van der Waals surface area contributed by atoms with Crippen molar-refractivity contribution in [1.82, 2.24) is 0 Å². The highest BCUT2D eigenvalue weighted by atomic mass is 127. The van der Waals surface area contributed by atoms with Crippen molar-refractivity contribution in [2.45, 2.75) is 49.9 Å². The molecule has 2 bridgehead atoms. The molecule has 0 amide bonds. The zero-order chi connectivity index (χ0) is 8.11. The average molecular weight is 264 g/mol. The maximum atomic E-state index is 2.70. The molecule has 0 radical (unpaired) electrons. The quantitative estimate of drug-likeness (QED) is 0.461. The maximum Gasteiger partial charge on any atom is 0.0217 e. The van der Waals surface area contributed by atoms with E-state index in [1.54, 1.807) is 0 Å². The lowest BCUT2D eigenvalue weighted by Gasteiger charge is -2.41. The number of rotatable bonds is 0. The second-order valence-corrected chi connectivity index (χ2v) is 6.27. The van der Waals surface area contributed by atoms with Crippen LogP contribution >= 0.6 is 22.6 Å². The van der Waals surface area contributed by atoms with Crippen LogP contribution in [-0.4, -0.2) is 3.92 Å². The molecule has 2 fully saturated rings. The van der Waals surface area contributed by atoms with E-state index in [0.29, 0.717) is 10.8 Å². The van der Waals surface area contributed by atoms with Crippen LogP contribution in [-0.2, 0) is 0 Å². The largest absolute Gasteiger partial charge is 0.0814 e. The molecule has 2 saturated carbocycles. The van der Waals surface area contributed by atoms with Gasteiger partial charge < -0.3 is 0 Å². The third kappa shape index (κ3) is 1.06. The van der Waals surface area contributed by atoms with Crippen LogP contribution in [0.25, 0.3) is 0 Å². The van der Waals surface area contributed by atoms with E-state index in [9.17, 15) is 0 Å². The van der Waals surface area contributed by atoms with Gasteiger partial charge in [-0.25, -0.2) is 0 Å².